The number of fused-ring (bicyclic) bond motifs is 1. The fraction of sp³-hybridized carbons (Fsp3) is 0.200. The molecule has 0 aliphatic carbocycles. The summed E-state index contributed by atoms with van der Waals surface area (Å²) < 4.78 is 18.0. The van der Waals surface area contributed by atoms with Crippen molar-refractivity contribution in [1.29, 1.82) is 0 Å². The highest BCUT2D eigenvalue weighted by atomic mass is 19.1. The molecule has 3 nitrogen and oxygen atoms in total. The third-order valence-electron chi connectivity index (χ3n) is 1.97. The molecule has 1 aromatic rings. The second kappa shape index (κ2) is 3.21. The summed E-state index contributed by atoms with van der Waals surface area (Å²) in [4.78, 5) is 14.9. The minimum absolute atomic E-state index is 0.0387. The molecule has 1 aliphatic heterocycles. The first-order chi connectivity index (χ1) is 6.66. The highest BCUT2D eigenvalue weighted by Gasteiger charge is 2.15. The van der Waals surface area contributed by atoms with E-state index in [2.05, 4.69) is 4.98 Å². The van der Waals surface area contributed by atoms with Crippen molar-refractivity contribution >= 4 is 11.4 Å². The van der Waals surface area contributed by atoms with Crippen LogP contribution in [0.25, 0.3) is 5.57 Å². The molecule has 2 heterocycles. The molecule has 0 N–H and O–H groups in total. The summed E-state index contributed by atoms with van der Waals surface area (Å²) in [5, 5.41) is 0. The number of ether oxygens (including phenoxy) is 1. The van der Waals surface area contributed by atoms with Crippen molar-refractivity contribution in [2.45, 2.75) is 6.92 Å². The van der Waals surface area contributed by atoms with Gasteiger partial charge >= 0.3 is 0 Å². The molecular weight excluding hydrogens is 185 g/mol. The van der Waals surface area contributed by atoms with Crippen LogP contribution in [0.15, 0.2) is 18.3 Å². The Kier molecular flexibility index (Phi) is 2.04. The van der Waals surface area contributed by atoms with Gasteiger partial charge in [0.25, 0.3) is 0 Å². The average Bonchev–Trinajstić information content (AvgIpc) is 2.27. The number of allylic oxidation sites excluding steroid dienone is 1. The molecule has 0 amide bonds. The normalized spacial score (nSPS) is 15.3. The smallest absolute Gasteiger partial charge is 0.221 e. The molecule has 14 heavy (non-hydrogen) atoms. The van der Waals surface area contributed by atoms with Crippen LogP contribution in [-0.2, 0) is 4.79 Å². The van der Waals surface area contributed by atoms with Crippen LogP contribution >= 0.6 is 0 Å². The molecule has 0 unspecified atom stereocenters. The maximum absolute atomic E-state index is 12.9. The van der Waals surface area contributed by atoms with Crippen LogP contribution in [0.4, 0.5) is 4.39 Å². The second-order valence-electron chi connectivity index (χ2n) is 3.09. The first-order valence-corrected chi connectivity index (χ1v) is 4.16. The predicted octanol–water partition coefficient (Wildman–Crippen LogP) is 1.59. The molecule has 72 valence electrons. The first-order valence-electron chi connectivity index (χ1n) is 4.16. The Morgan fingerprint density at radius 3 is 3.14 bits per heavy atom. The summed E-state index contributed by atoms with van der Waals surface area (Å²) in [6.45, 7) is 1.69. The van der Waals surface area contributed by atoms with E-state index >= 15 is 0 Å². The molecule has 1 aromatic heterocycles. The molecule has 0 saturated heterocycles. The summed E-state index contributed by atoms with van der Waals surface area (Å²) >= 11 is 0. The van der Waals surface area contributed by atoms with Crippen molar-refractivity contribution < 1.29 is 13.9 Å². The lowest BCUT2D eigenvalue weighted by molar-refractivity contribution is -0.116. The van der Waals surface area contributed by atoms with Gasteiger partial charge < -0.3 is 4.74 Å². The zero-order valence-corrected chi connectivity index (χ0v) is 7.58. The van der Waals surface area contributed by atoms with E-state index in [-0.39, 0.29) is 12.4 Å². The van der Waals surface area contributed by atoms with E-state index in [1.54, 1.807) is 6.92 Å². The predicted molar refractivity (Wildman–Crippen MR) is 48.3 cm³/mol. The Morgan fingerprint density at radius 2 is 2.36 bits per heavy atom. The summed E-state index contributed by atoms with van der Waals surface area (Å²) in [6.07, 6.45) is 2.51. The Balaban J connectivity index is 2.56. The highest BCUT2D eigenvalue weighted by molar-refractivity contribution is 5.98. The van der Waals surface area contributed by atoms with E-state index in [0.29, 0.717) is 17.0 Å². The molecule has 0 aromatic carbocycles. The molecule has 0 atom stereocenters. The zero-order chi connectivity index (χ0) is 10.1. The maximum atomic E-state index is 12.9. The van der Waals surface area contributed by atoms with Gasteiger partial charge in [0.1, 0.15) is 5.82 Å². The Hall–Kier alpha value is -1.71. The van der Waals surface area contributed by atoms with Gasteiger partial charge in [0.15, 0.2) is 12.4 Å². The maximum Gasteiger partial charge on any atom is 0.221 e. The van der Waals surface area contributed by atoms with Crippen LogP contribution in [0.2, 0.25) is 0 Å². The van der Waals surface area contributed by atoms with Crippen molar-refractivity contribution in [3.05, 3.63) is 29.7 Å². The van der Waals surface area contributed by atoms with E-state index in [0.717, 1.165) is 6.20 Å². The van der Waals surface area contributed by atoms with E-state index < -0.39 is 5.82 Å². The van der Waals surface area contributed by atoms with Crippen LogP contribution in [0.3, 0.4) is 0 Å². The molecule has 0 fully saturated rings. The van der Waals surface area contributed by atoms with E-state index in [9.17, 15) is 9.18 Å². The number of rotatable bonds is 0. The number of carbonyl (C=O) groups excluding carboxylic acids is 1. The number of halogens is 1. The lowest BCUT2D eigenvalue weighted by atomic mass is 10.1. The standard InChI is InChI=1S/C10H8FNO2/c1-6-2-8(13)5-14-10-9(6)3-7(11)4-12-10/h2-4H,5H2,1H3. The lowest BCUT2D eigenvalue weighted by Crippen LogP contribution is -2.07. The highest BCUT2D eigenvalue weighted by Crippen LogP contribution is 2.26. The van der Waals surface area contributed by atoms with E-state index in [1.165, 1.54) is 12.1 Å². The van der Waals surface area contributed by atoms with Crippen molar-refractivity contribution in [3.8, 4) is 5.88 Å². The summed E-state index contributed by atoms with van der Waals surface area (Å²) in [7, 11) is 0. The molecule has 0 saturated carbocycles. The second-order valence-corrected chi connectivity index (χ2v) is 3.09. The van der Waals surface area contributed by atoms with Crippen LogP contribution in [0.5, 0.6) is 5.88 Å². The molecule has 4 heteroatoms. The zero-order valence-electron chi connectivity index (χ0n) is 7.58. The Bertz CT molecular complexity index is 426. The third-order valence-corrected chi connectivity index (χ3v) is 1.97. The number of carbonyl (C=O) groups is 1. The van der Waals surface area contributed by atoms with E-state index in [4.69, 9.17) is 4.74 Å². The quantitative estimate of drug-likeness (QED) is 0.628. The topological polar surface area (TPSA) is 39.2 Å². The monoisotopic (exact) mass is 193 g/mol. The molecule has 2 rings (SSSR count). The van der Waals surface area contributed by atoms with Gasteiger partial charge in [0.05, 0.1) is 6.20 Å². The Morgan fingerprint density at radius 1 is 1.57 bits per heavy atom. The van der Waals surface area contributed by atoms with Crippen molar-refractivity contribution in [3.63, 3.8) is 0 Å². The number of hydrogen-bond donors (Lipinski definition) is 0. The number of nitrogens with zero attached hydrogens (tertiary/aromatic N) is 1. The lowest BCUT2D eigenvalue weighted by Gasteiger charge is -2.05. The molecule has 1 aliphatic rings. The van der Waals surface area contributed by atoms with E-state index in [1.807, 2.05) is 0 Å². The molecule has 0 bridgehead atoms. The van der Waals surface area contributed by atoms with Crippen molar-refractivity contribution in [2.75, 3.05) is 6.61 Å². The van der Waals surface area contributed by atoms with Gasteiger partial charge in [0.2, 0.25) is 5.88 Å². The van der Waals surface area contributed by atoms with Crippen LogP contribution in [0, 0.1) is 5.82 Å². The summed E-state index contributed by atoms with van der Waals surface area (Å²) in [6, 6.07) is 1.31. The minimum atomic E-state index is -0.436. The number of ketones is 1. The molecule has 0 radical (unpaired) electrons. The average molecular weight is 193 g/mol. The SMILES string of the molecule is CC1=CC(=O)COc2ncc(F)cc21. The number of hydrogen-bond acceptors (Lipinski definition) is 3. The van der Waals surface area contributed by atoms with Crippen LogP contribution in [0.1, 0.15) is 12.5 Å². The fourth-order valence-corrected chi connectivity index (χ4v) is 1.32. The van der Waals surface area contributed by atoms with Gasteiger partial charge in [-0.15, -0.1) is 0 Å². The number of pyridine rings is 1. The summed E-state index contributed by atoms with van der Waals surface area (Å²) in [5.74, 6) is -0.263. The van der Waals surface area contributed by atoms with Gasteiger partial charge in [0, 0.05) is 5.56 Å². The third kappa shape index (κ3) is 1.51. The van der Waals surface area contributed by atoms with Crippen molar-refractivity contribution in [2.24, 2.45) is 0 Å². The van der Waals surface area contributed by atoms with Gasteiger partial charge in [-0.25, -0.2) is 9.37 Å². The van der Waals surface area contributed by atoms with Crippen LogP contribution < -0.4 is 4.74 Å². The van der Waals surface area contributed by atoms with Gasteiger partial charge in [-0.1, -0.05) is 0 Å². The number of aromatic nitrogens is 1. The largest absolute Gasteiger partial charge is 0.469 e. The van der Waals surface area contributed by atoms with Gasteiger partial charge in [-0.3, -0.25) is 4.79 Å². The molecule has 0 spiro atoms. The van der Waals surface area contributed by atoms with Crippen LogP contribution in [-0.4, -0.2) is 17.4 Å². The first kappa shape index (κ1) is 8.87. The fourth-order valence-electron chi connectivity index (χ4n) is 1.32. The van der Waals surface area contributed by atoms with Crippen molar-refractivity contribution in [1.82, 2.24) is 4.98 Å². The van der Waals surface area contributed by atoms with Gasteiger partial charge in [-0.2, -0.15) is 0 Å². The Labute approximate surface area is 80.2 Å². The van der Waals surface area contributed by atoms with Gasteiger partial charge in [-0.05, 0) is 24.6 Å². The summed E-state index contributed by atoms with van der Waals surface area (Å²) in [5.41, 5.74) is 1.21. The minimum Gasteiger partial charge on any atom is -0.469 e. The molecular formula is C10H8FNO2.